The Labute approximate surface area is 137 Å². The van der Waals surface area contributed by atoms with Crippen molar-refractivity contribution in [2.75, 3.05) is 7.11 Å². The van der Waals surface area contributed by atoms with Gasteiger partial charge >= 0.3 is 5.97 Å². The van der Waals surface area contributed by atoms with Gasteiger partial charge in [-0.2, -0.15) is 0 Å². The molecule has 1 N–H and O–H groups in total. The van der Waals surface area contributed by atoms with Crippen molar-refractivity contribution >= 4 is 33.2 Å². The first kappa shape index (κ1) is 16.2. The van der Waals surface area contributed by atoms with Gasteiger partial charge in [0, 0.05) is 15.4 Å². The monoisotopic (exact) mass is 367 g/mol. The van der Waals surface area contributed by atoms with Gasteiger partial charge in [0.25, 0.3) is 0 Å². The Kier molecular flexibility index (Phi) is 5.96. The van der Waals surface area contributed by atoms with Crippen LogP contribution in [0.5, 0.6) is 0 Å². The van der Waals surface area contributed by atoms with Gasteiger partial charge in [-0.3, -0.25) is 4.79 Å². The van der Waals surface area contributed by atoms with Crippen LogP contribution in [-0.4, -0.2) is 13.1 Å². The Bertz CT molecular complexity index is 586. The third-order valence-corrected chi connectivity index (χ3v) is 5.02. The van der Waals surface area contributed by atoms with Gasteiger partial charge in [-0.15, -0.1) is 11.3 Å². The van der Waals surface area contributed by atoms with E-state index in [9.17, 15) is 4.79 Å². The summed E-state index contributed by atoms with van der Waals surface area (Å²) in [5.41, 5.74) is 1.17. The molecule has 0 amide bonds. The fourth-order valence-corrected chi connectivity index (χ4v) is 3.61. The molecule has 0 radical (unpaired) electrons. The average Bonchev–Trinajstić information content (AvgIpc) is 3.01. The summed E-state index contributed by atoms with van der Waals surface area (Å²) in [7, 11) is 1.42. The molecule has 0 bridgehead atoms. The highest BCUT2D eigenvalue weighted by Gasteiger charge is 2.20. The Morgan fingerprint density at radius 3 is 2.71 bits per heavy atom. The van der Waals surface area contributed by atoms with Crippen LogP contribution in [0.1, 0.15) is 35.9 Å². The largest absolute Gasteiger partial charge is 0.469 e. The number of methoxy groups -OCH3 is 1. The first-order valence-electron chi connectivity index (χ1n) is 6.72. The molecule has 0 aliphatic heterocycles. The molecule has 0 aliphatic rings. The number of carbonyl (C=O) groups is 1. The Morgan fingerprint density at radius 2 is 2.10 bits per heavy atom. The standard InChI is InChI=1S/C16H18BrNO2S/c1-11(12-6-3-4-7-13(12)17)18-14(10-16(19)20-2)15-8-5-9-21-15/h3-9,11,14,18H,10H2,1-2H3. The van der Waals surface area contributed by atoms with Crippen molar-refractivity contribution in [2.45, 2.75) is 25.4 Å². The molecule has 5 heteroatoms. The van der Waals surface area contributed by atoms with Crippen LogP contribution in [0.15, 0.2) is 46.3 Å². The molecule has 0 fully saturated rings. The summed E-state index contributed by atoms with van der Waals surface area (Å²) >= 11 is 5.21. The first-order chi connectivity index (χ1) is 10.1. The summed E-state index contributed by atoms with van der Waals surface area (Å²) in [6, 6.07) is 12.2. The minimum Gasteiger partial charge on any atom is -0.469 e. The van der Waals surface area contributed by atoms with E-state index in [2.05, 4.69) is 34.2 Å². The van der Waals surface area contributed by atoms with E-state index in [1.807, 2.05) is 35.7 Å². The van der Waals surface area contributed by atoms with Gasteiger partial charge < -0.3 is 10.1 Å². The predicted octanol–water partition coefficient (Wildman–Crippen LogP) is 4.47. The summed E-state index contributed by atoms with van der Waals surface area (Å²) in [5.74, 6) is -0.208. The van der Waals surface area contributed by atoms with E-state index in [-0.39, 0.29) is 18.1 Å². The van der Waals surface area contributed by atoms with Crippen molar-refractivity contribution in [1.82, 2.24) is 5.32 Å². The quantitative estimate of drug-likeness (QED) is 0.765. The molecule has 21 heavy (non-hydrogen) atoms. The number of ether oxygens (including phenoxy) is 1. The number of halogens is 1. The summed E-state index contributed by atoms with van der Waals surface area (Å²) < 4.78 is 5.87. The summed E-state index contributed by atoms with van der Waals surface area (Å²) in [5, 5.41) is 5.54. The van der Waals surface area contributed by atoms with Gasteiger partial charge in [0.15, 0.2) is 0 Å². The normalized spacial score (nSPS) is 13.7. The van der Waals surface area contributed by atoms with E-state index in [0.29, 0.717) is 6.42 Å². The molecule has 0 saturated heterocycles. The zero-order valence-electron chi connectivity index (χ0n) is 12.0. The second-order valence-electron chi connectivity index (χ2n) is 4.76. The van der Waals surface area contributed by atoms with Crippen LogP contribution in [-0.2, 0) is 9.53 Å². The number of rotatable bonds is 6. The van der Waals surface area contributed by atoms with E-state index in [1.165, 1.54) is 12.7 Å². The molecule has 0 spiro atoms. The number of hydrogen-bond acceptors (Lipinski definition) is 4. The molecular weight excluding hydrogens is 350 g/mol. The molecule has 0 saturated carbocycles. The first-order valence-corrected chi connectivity index (χ1v) is 8.39. The lowest BCUT2D eigenvalue weighted by atomic mass is 10.1. The van der Waals surface area contributed by atoms with E-state index in [1.54, 1.807) is 11.3 Å². The minimum atomic E-state index is -0.208. The lowest BCUT2D eigenvalue weighted by Crippen LogP contribution is -2.26. The maximum Gasteiger partial charge on any atom is 0.307 e. The van der Waals surface area contributed by atoms with Crippen molar-refractivity contribution in [2.24, 2.45) is 0 Å². The summed E-state index contributed by atoms with van der Waals surface area (Å²) in [6.07, 6.45) is 0.325. The molecule has 2 unspecified atom stereocenters. The van der Waals surface area contributed by atoms with Gasteiger partial charge in [0.1, 0.15) is 0 Å². The number of carbonyl (C=O) groups excluding carboxylic acids is 1. The van der Waals surface area contributed by atoms with Crippen LogP contribution in [0.25, 0.3) is 0 Å². The molecule has 1 aromatic heterocycles. The van der Waals surface area contributed by atoms with Crippen LogP contribution < -0.4 is 5.32 Å². The Morgan fingerprint density at radius 1 is 1.33 bits per heavy atom. The highest BCUT2D eigenvalue weighted by Crippen LogP contribution is 2.29. The highest BCUT2D eigenvalue weighted by atomic mass is 79.9. The predicted molar refractivity (Wildman–Crippen MR) is 89.4 cm³/mol. The second kappa shape index (κ2) is 7.73. The number of benzene rings is 1. The smallest absolute Gasteiger partial charge is 0.307 e. The van der Waals surface area contributed by atoms with Gasteiger partial charge in [-0.05, 0) is 30.0 Å². The number of nitrogens with one attached hydrogen (secondary N) is 1. The number of hydrogen-bond donors (Lipinski definition) is 1. The van der Waals surface area contributed by atoms with Gasteiger partial charge in [-0.1, -0.05) is 40.2 Å². The van der Waals surface area contributed by atoms with Crippen molar-refractivity contribution in [3.8, 4) is 0 Å². The van der Waals surface area contributed by atoms with E-state index >= 15 is 0 Å². The fourth-order valence-electron chi connectivity index (χ4n) is 2.20. The second-order valence-corrected chi connectivity index (χ2v) is 6.59. The maximum absolute atomic E-state index is 11.6. The van der Waals surface area contributed by atoms with Crippen LogP contribution in [0.4, 0.5) is 0 Å². The molecule has 2 aromatic rings. The van der Waals surface area contributed by atoms with Crippen molar-refractivity contribution < 1.29 is 9.53 Å². The summed E-state index contributed by atoms with van der Waals surface area (Å²) in [6.45, 7) is 2.10. The van der Waals surface area contributed by atoms with E-state index < -0.39 is 0 Å². The maximum atomic E-state index is 11.6. The van der Waals surface area contributed by atoms with Gasteiger partial charge in [0.05, 0.1) is 19.6 Å². The molecule has 3 nitrogen and oxygen atoms in total. The minimum absolute atomic E-state index is 0.0421. The van der Waals surface area contributed by atoms with Gasteiger partial charge in [0.2, 0.25) is 0 Å². The molecule has 1 aromatic carbocycles. The van der Waals surface area contributed by atoms with E-state index in [0.717, 1.165) is 9.35 Å². The fraction of sp³-hybridized carbons (Fsp3) is 0.312. The average molecular weight is 368 g/mol. The Hall–Kier alpha value is -1.17. The zero-order valence-corrected chi connectivity index (χ0v) is 14.4. The molecule has 2 atom stereocenters. The van der Waals surface area contributed by atoms with E-state index in [4.69, 9.17) is 4.74 Å². The topological polar surface area (TPSA) is 38.3 Å². The molecule has 2 rings (SSSR count). The van der Waals surface area contributed by atoms with Crippen molar-refractivity contribution in [3.63, 3.8) is 0 Å². The molecule has 0 aliphatic carbocycles. The van der Waals surface area contributed by atoms with Crippen LogP contribution in [0.3, 0.4) is 0 Å². The van der Waals surface area contributed by atoms with Crippen molar-refractivity contribution in [3.05, 3.63) is 56.7 Å². The molecule has 112 valence electrons. The SMILES string of the molecule is COC(=O)CC(NC(C)c1ccccc1Br)c1cccs1. The lowest BCUT2D eigenvalue weighted by Gasteiger charge is -2.23. The third-order valence-electron chi connectivity index (χ3n) is 3.31. The molecular formula is C16H18BrNO2S. The zero-order chi connectivity index (χ0) is 15.2. The Balaban J connectivity index is 2.15. The van der Waals surface area contributed by atoms with Crippen LogP contribution in [0, 0.1) is 0 Å². The van der Waals surface area contributed by atoms with Crippen LogP contribution in [0.2, 0.25) is 0 Å². The van der Waals surface area contributed by atoms with Crippen LogP contribution >= 0.6 is 27.3 Å². The van der Waals surface area contributed by atoms with Gasteiger partial charge in [-0.25, -0.2) is 0 Å². The number of esters is 1. The highest BCUT2D eigenvalue weighted by molar-refractivity contribution is 9.10. The molecule has 1 heterocycles. The number of thiophene rings is 1. The van der Waals surface area contributed by atoms with Crippen molar-refractivity contribution in [1.29, 1.82) is 0 Å². The summed E-state index contributed by atoms with van der Waals surface area (Å²) in [4.78, 5) is 12.8. The third kappa shape index (κ3) is 4.40. The lowest BCUT2D eigenvalue weighted by molar-refractivity contribution is -0.141.